The van der Waals surface area contributed by atoms with Gasteiger partial charge in [-0.2, -0.15) is 0 Å². The molecule has 46 valence electrons. The van der Waals surface area contributed by atoms with Crippen LogP contribution in [-0.4, -0.2) is 4.98 Å². The normalized spacial score (nSPS) is 17.3. The lowest BCUT2D eigenvalue weighted by atomic mass is 9.98. The lowest BCUT2D eigenvalue weighted by molar-refractivity contribution is 0.812. The zero-order valence-corrected chi connectivity index (χ0v) is 5.28. The summed E-state index contributed by atoms with van der Waals surface area (Å²) in [4.78, 5) is 3.22. The lowest BCUT2D eigenvalue weighted by Crippen LogP contribution is -2.00. The van der Waals surface area contributed by atoms with Gasteiger partial charge in [0.1, 0.15) is 0 Å². The number of hydrogen-bond donors (Lipinski definition) is 1. The third-order valence-corrected chi connectivity index (χ3v) is 1.80. The van der Waals surface area contributed by atoms with Crippen LogP contribution in [0, 0.1) is 6.42 Å². The van der Waals surface area contributed by atoms with Crippen LogP contribution in [0.25, 0.3) is 0 Å². The Bertz CT molecular complexity index is 180. The fourth-order valence-corrected chi connectivity index (χ4v) is 1.27. The molecular formula is C8H9N. The van der Waals surface area contributed by atoms with Gasteiger partial charge in [0.2, 0.25) is 0 Å². The van der Waals surface area contributed by atoms with E-state index in [1.54, 1.807) is 0 Å². The number of H-pyrrole nitrogens is 1. The summed E-state index contributed by atoms with van der Waals surface area (Å²) in [5, 5.41) is 0. The minimum absolute atomic E-state index is 1.04. The van der Waals surface area contributed by atoms with Gasteiger partial charge < -0.3 is 4.98 Å². The summed E-state index contributed by atoms with van der Waals surface area (Å²) in [6.07, 6.45) is 8.63. The van der Waals surface area contributed by atoms with Crippen molar-refractivity contribution in [2.45, 2.75) is 19.3 Å². The molecule has 0 fully saturated rings. The van der Waals surface area contributed by atoms with Crippen molar-refractivity contribution >= 4 is 0 Å². The molecule has 0 saturated heterocycles. The van der Waals surface area contributed by atoms with Crippen LogP contribution in [0.1, 0.15) is 17.7 Å². The second kappa shape index (κ2) is 1.90. The number of nitrogens with one attached hydrogen (secondary N) is 1. The van der Waals surface area contributed by atoms with Crippen LogP contribution in [0.3, 0.4) is 0 Å². The Hall–Kier alpha value is -0.720. The minimum Gasteiger partial charge on any atom is -0.365 e. The molecule has 1 aliphatic rings. The van der Waals surface area contributed by atoms with Gasteiger partial charge in [0.25, 0.3) is 0 Å². The van der Waals surface area contributed by atoms with Crippen molar-refractivity contribution < 1.29 is 0 Å². The Labute approximate surface area is 55.1 Å². The maximum absolute atomic E-state index is 3.31. The number of aromatic nitrogens is 1. The molecule has 1 heteroatoms. The number of aryl methyl sites for hydroxylation is 1. The molecule has 0 bridgehead atoms. The van der Waals surface area contributed by atoms with E-state index in [1.807, 2.05) is 6.20 Å². The van der Waals surface area contributed by atoms with Crippen molar-refractivity contribution in [3.63, 3.8) is 0 Å². The maximum Gasteiger partial charge on any atom is 0.0180 e. The van der Waals surface area contributed by atoms with Crippen LogP contribution >= 0.6 is 0 Å². The van der Waals surface area contributed by atoms with E-state index in [-0.39, 0.29) is 0 Å². The summed E-state index contributed by atoms with van der Waals surface area (Å²) in [5.41, 5.74) is 2.84. The first-order chi connectivity index (χ1) is 4.47. The van der Waals surface area contributed by atoms with Crippen molar-refractivity contribution in [2.24, 2.45) is 0 Å². The van der Waals surface area contributed by atoms with Gasteiger partial charge in [-0.3, -0.25) is 0 Å². The molecule has 2 rings (SSSR count). The molecular weight excluding hydrogens is 110 g/mol. The van der Waals surface area contributed by atoms with E-state index in [9.17, 15) is 0 Å². The van der Waals surface area contributed by atoms with Gasteiger partial charge in [0, 0.05) is 11.9 Å². The smallest absolute Gasteiger partial charge is 0.0180 e. The van der Waals surface area contributed by atoms with Crippen molar-refractivity contribution in [2.75, 3.05) is 0 Å². The summed E-state index contributed by atoms with van der Waals surface area (Å²) < 4.78 is 0. The van der Waals surface area contributed by atoms with Crippen molar-refractivity contribution in [1.82, 2.24) is 4.98 Å². The first-order valence-corrected chi connectivity index (χ1v) is 3.32. The number of fused-ring (bicyclic) bond motifs is 1. The van der Waals surface area contributed by atoms with Gasteiger partial charge in [0.05, 0.1) is 0 Å². The SMILES string of the molecule is [C]1CCc2[nH]ccc2C1. The molecule has 0 aliphatic heterocycles. The van der Waals surface area contributed by atoms with Crippen LogP contribution in [0.15, 0.2) is 12.3 Å². The maximum atomic E-state index is 3.31. The van der Waals surface area contributed by atoms with Gasteiger partial charge in [-0.25, -0.2) is 0 Å². The molecule has 0 unspecified atom stereocenters. The van der Waals surface area contributed by atoms with E-state index < -0.39 is 0 Å². The van der Waals surface area contributed by atoms with E-state index in [4.69, 9.17) is 0 Å². The zero-order valence-electron chi connectivity index (χ0n) is 5.28. The first-order valence-electron chi connectivity index (χ1n) is 3.32. The summed E-state index contributed by atoms with van der Waals surface area (Å²) in [6.45, 7) is 0. The van der Waals surface area contributed by atoms with Crippen molar-refractivity contribution in [1.29, 1.82) is 0 Å². The van der Waals surface area contributed by atoms with E-state index in [2.05, 4.69) is 17.5 Å². The van der Waals surface area contributed by atoms with E-state index in [0.29, 0.717) is 0 Å². The second-order valence-electron chi connectivity index (χ2n) is 2.41. The third kappa shape index (κ3) is 0.766. The molecule has 1 N–H and O–H groups in total. The van der Waals surface area contributed by atoms with Crippen LogP contribution in [0.4, 0.5) is 0 Å². The molecule has 1 aromatic rings. The Balaban J connectivity index is 2.39. The standard InChI is InChI=1S/C8H9N/c1-2-4-8-7(3-1)5-6-9-8/h5-6,9H,2-4H2. The Morgan fingerprint density at radius 3 is 3.44 bits per heavy atom. The summed E-state index contributed by atoms with van der Waals surface area (Å²) in [7, 11) is 0. The minimum atomic E-state index is 1.04. The van der Waals surface area contributed by atoms with Gasteiger partial charge in [-0.1, -0.05) is 0 Å². The Kier molecular flexibility index (Phi) is 1.08. The zero-order chi connectivity index (χ0) is 6.10. The monoisotopic (exact) mass is 119 g/mol. The molecule has 1 heterocycles. The fourth-order valence-electron chi connectivity index (χ4n) is 1.27. The highest BCUT2D eigenvalue weighted by Crippen LogP contribution is 2.17. The molecule has 1 aromatic heterocycles. The average molecular weight is 119 g/mol. The largest absolute Gasteiger partial charge is 0.365 e. The molecule has 2 radical (unpaired) electrons. The molecule has 0 aromatic carbocycles. The molecule has 0 amide bonds. The van der Waals surface area contributed by atoms with Crippen LogP contribution in [-0.2, 0) is 12.8 Å². The third-order valence-electron chi connectivity index (χ3n) is 1.80. The molecule has 0 spiro atoms. The molecule has 1 aliphatic carbocycles. The predicted octanol–water partition coefficient (Wildman–Crippen LogP) is 1.58. The van der Waals surface area contributed by atoms with Gasteiger partial charge >= 0.3 is 0 Å². The summed E-state index contributed by atoms with van der Waals surface area (Å²) in [6, 6.07) is 2.14. The average Bonchev–Trinajstić information content (AvgIpc) is 2.33. The van der Waals surface area contributed by atoms with E-state index >= 15 is 0 Å². The Morgan fingerprint density at radius 1 is 1.56 bits per heavy atom. The van der Waals surface area contributed by atoms with Gasteiger partial charge in [-0.15, -0.1) is 0 Å². The molecule has 0 atom stereocenters. The number of aromatic amines is 1. The van der Waals surface area contributed by atoms with Gasteiger partial charge in [-0.05, 0) is 37.3 Å². The lowest BCUT2D eigenvalue weighted by Gasteiger charge is -2.08. The van der Waals surface area contributed by atoms with Crippen LogP contribution in [0.2, 0.25) is 0 Å². The second-order valence-corrected chi connectivity index (χ2v) is 2.41. The number of hydrogen-bond acceptors (Lipinski definition) is 0. The first kappa shape index (κ1) is 5.10. The van der Waals surface area contributed by atoms with Gasteiger partial charge in [0.15, 0.2) is 0 Å². The quantitative estimate of drug-likeness (QED) is 0.533. The molecule has 0 saturated carbocycles. The Morgan fingerprint density at radius 2 is 2.56 bits per heavy atom. The predicted molar refractivity (Wildman–Crippen MR) is 36.1 cm³/mol. The van der Waals surface area contributed by atoms with Crippen molar-refractivity contribution in [3.05, 3.63) is 29.9 Å². The van der Waals surface area contributed by atoms with E-state index in [1.165, 1.54) is 11.3 Å². The number of rotatable bonds is 0. The van der Waals surface area contributed by atoms with E-state index in [0.717, 1.165) is 19.3 Å². The topological polar surface area (TPSA) is 15.8 Å². The molecule has 9 heavy (non-hydrogen) atoms. The molecule has 1 nitrogen and oxygen atoms in total. The van der Waals surface area contributed by atoms with Crippen LogP contribution in [0.5, 0.6) is 0 Å². The van der Waals surface area contributed by atoms with Crippen LogP contribution < -0.4 is 0 Å². The van der Waals surface area contributed by atoms with Crippen molar-refractivity contribution in [3.8, 4) is 0 Å². The summed E-state index contributed by atoms with van der Waals surface area (Å²) >= 11 is 0. The highest BCUT2D eigenvalue weighted by molar-refractivity contribution is 5.25. The fraction of sp³-hybridized carbons (Fsp3) is 0.375. The highest BCUT2D eigenvalue weighted by atomic mass is 14.7. The highest BCUT2D eigenvalue weighted by Gasteiger charge is 2.08. The summed E-state index contributed by atoms with van der Waals surface area (Å²) in [5.74, 6) is 0.